The summed E-state index contributed by atoms with van der Waals surface area (Å²) < 4.78 is 20.1. The van der Waals surface area contributed by atoms with Crippen LogP contribution in [0.1, 0.15) is 59.6 Å². The molecule has 1 fully saturated rings. The molecule has 0 unspecified atom stereocenters. The van der Waals surface area contributed by atoms with Crippen molar-refractivity contribution in [3.05, 3.63) is 48.3 Å². The molecule has 1 aliphatic heterocycles. The standard InChI is InChI=1S/C27H44N2O3Si2/c1-26(2,3)33(7,8)30-19-25-24(32-34(9,10)27(4,5)6)17-23(31-25)20-14-15-22(29-18-20)21-13-11-12-16-28-21/h11-16,18,23-25H,17,19H2,1-10H3/t23-,24+,25-/m1/s1. The Morgan fingerprint density at radius 2 is 1.53 bits per heavy atom. The topological polar surface area (TPSA) is 53.5 Å². The van der Waals surface area contributed by atoms with Crippen LogP contribution in [0.15, 0.2) is 42.7 Å². The second-order valence-electron chi connectivity index (χ2n) is 12.6. The summed E-state index contributed by atoms with van der Waals surface area (Å²) in [7, 11) is -3.84. The molecule has 3 heterocycles. The Morgan fingerprint density at radius 1 is 0.882 bits per heavy atom. The van der Waals surface area contributed by atoms with E-state index in [9.17, 15) is 0 Å². The Kier molecular flexibility index (Phi) is 7.95. The summed E-state index contributed by atoms with van der Waals surface area (Å²) in [5, 5.41) is 0.299. The van der Waals surface area contributed by atoms with Gasteiger partial charge in [-0.1, -0.05) is 53.7 Å². The van der Waals surface area contributed by atoms with Crippen molar-refractivity contribution >= 4 is 16.6 Å². The number of nitrogens with zero attached hydrogens (tertiary/aromatic N) is 2. The zero-order valence-corrected chi connectivity index (χ0v) is 24.8. The highest BCUT2D eigenvalue weighted by atomic mass is 28.4. The van der Waals surface area contributed by atoms with Gasteiger partial charge in [0, 0.05) is 18.8 Å². The molecule has 0 spiro atoms. The van der Waals surface area contributed by atoms with Gasteiger partial charge in [0.15, 0.2) is 16.6 Å². The molecule has 0 aliphatic carbocycles. The Bertz CT molecular complexity index is 935. The lowest BCUT2D eigenvalue weighted by molar-refractivity contribution is -0.0165. The van der Waals surface area contributed by atoms with Gasteiger partial charge >= 0.3 is 0 Å². The van der Waals surface area contributed by atoms with Gasteiger partial charge in [0.25, 0.3) is 0 Å². The van der Waals surface area contributed by atoms with Crippen LogP contribution in [0.3, 0.4) is 0 Å². The van der Waals surface area contributed by atoms with E-state index in [1.165, 1.54) is 0 Å². The van der Waals surface area contributed by atoms with Crippen LogP contribution in [-0.4, -0.2) is 45.4 Å². The van der Waals surface area contributed by atoms with E-state index >= 15 is 0 Å². The van der Waals surface area contributed by atoms with Crippen LogP contribution >= 0.6 is 0 Å². The van der Waals surface area contributed by atoms with E-state index in [2.05, 4.69) is 83.8 Å². The fourth-order valence-corrected chi connectivity index (χ4v) is 5.90. The van der Waals surface area contributed by atoms with E-state index in [4.69, 9.17) is 13.6 Å². The molecule has 5 nitrogen and oxygen atoms in total. The molecule has 34 heavy (non-hydrogen) atoms. The van der Waals surface area contributed by atoms with Gasteiger partial charge in [0.05, 0.1) is 30.2 Å². The molecule has 2 aromatic heterocycles. The molecular weight excluding hydrogens is 456 g/mol. The van der Waals surface area contributed by atoms with Gasteiger partial charge in [0.2, 0.25) is 0 Å². The second kappa shape index (κ2) is 9.93. The molecule has 0 bridgehead atoms. The third kappa shape index (κ3) is 6.24. The van der Waals surface area contributed by atoms with Crippen molar-refractivity contribution in [3.63, 3.8) is 0 Å². The zero-order chi connectivity index (χ0) is 25.4. The lowest BCUT2D eigenvalue weighted by atomic mass is 10.1. The Labute approximate surface area is 208 Å². The van der Waals surface area contributed by atoms with Crippen LogP contribution in [0.2, 0.25) is 36.3 Å². The summed E-state index contributed by atoms with van der Waals surface area (Å²) in [6.07, 6.45) is 4.43. The van der Waals surface area contributed by atoms with Crippen LogP contribution in [0.4, 0.5) is 0 Å². The first kappa shape index (κ1) is 27.2. The minimum atomic E-state index is -1.95. The zero-order valence-electron chi connectivity index (χ0n) is 22.8. The molecule has 3 rings (SSSR count). The maximum atomic E-state index is 6.89. The Hall–Kier alpha value is -1.39. The SMILES string of the molecule is CC(C)(C)[Si](C)(C)OC[C@H]1O[C@@H](c2ccc(-c3ccccn3)nc2)C[C@@H]1O[Si](C)(C)C(C)(C)C. The first-order chi connectivity index (χ1) is 15.6. The molecule has 1 saturated heterocycles. The predicted molar refractivity (Wildman–Crippen MR) is 145 cm³/mol. The number of hydrogen-bond acceptors (Lipinski definition) is 5. The van der Waals surface area contributed by atoms with Crippen LogP contribution < -0.4 is 0 Å². The predicted octanol–water partition coefficient (Wildman–Crippen LogP) is 7.39. The number of pyridine rings is 2. The van der Waals surface area contributed by atoms with Crippen molar-refractivity contribution in [2.75, 3.05) is 6.61 Å². The minimum absolute atomic E-state index is 0.0196. The first-order valence-corrected chi connectivity index (χ1v) is 18.3. The maximum Gasteiger partial charge on any atom is 0.192 e. The summed E-state index contributed by atoms with van der Waals surface area (Å²) in [6, 6.07) is 10.0. The lowest BCUT2D eigenvalue weighted by Gasteiger charge is -2.40. The molecule has 3 atom stereocenters. The fraction of sp³-hybridized carbons (Fsp3) is 0.630. The largest absolute Gasteiger partial charge is 0.414 e. The van der Waals surface area contributed by atoms with E-state index in [1.807, 2.05) is 30.5 Å². The van der Waals surface area contributed by atoms with Crippen LogP contribution in [0, 0.1) is 0 Å². The fourth-order valence-electron chi connectivity index (χ4n) is 3.53. The molecule has 0 radical (unpaired) electrons. The van der Waals surface area contributed by atoms with E-state index in [0.717, 1.165) is 23.4 Å². The lowest BCUT2D eigenvalue weighted by Crippen LogP contribution is -2.48. The Morgan fingerprint density at radius 3 is 2.06 bits per heavy atom. The summed E-state index contributed by atoms with van der Waals surface area (Å²) in [6.45, 7) is 23.5. The van der Waals surface area contributed by atoms with Crippen molar-refractivity contribution in [2.45, 2.75) is 103 Å². The third-order valence-corrected chi connectivity index (χ3v) is 17.0. The number of rotatable bonds is 7. The van der Waals surface area contributed by atoms with Gasteiger partial charge in [-0.2, -0.15) is 0 Å². The second-order valence-corrected chi connectivity index (χ2v) is 22.1. The highest BCUT2D eigenvalue weighted by molar-refractivity contribution is 6.74. The van der Waals surface area contributed by atoms with Crippen molar-refractivity contribution in [1.29, 1.82) is 0 Å². The monoisotopic (exact) mass is 500 g/mol. The van der Waals surface area contributed by atoms with Crippen molar-refractivity contribution < 1.29 is 13.6 Å². The number of aromatic nitrogens is 2. The maximum absolute atomic E-state index is 6.89. The van der Waals surface area contributed by atoms with Crippen molar-refractivity contribution in [2.24, 2.45) is 0 Å². The minimum Gasteiger partial charge on any atom is -0.414 e. The summed E-state index contributed by atoms with van der Waals surface area (Å²) in [4.78, 5) is 9.08. The van der Waals surface area contributed by atoms with Gasteiger partial charge in [-0.3, -0.25) is 9.97 Å². The van der Waals surface area contributed by atoms with Gasteiger partial charge in [-0.15, -0.1) is 0 Å². The number of ether oxygens (including phenoxy) is 1. The van der Waals surface area contributed by atoms with Gasteiger partial charge in [-0.05, 0) is 60.0 Å². The van der Waals surface area contributed by atoms with Crippen molar-refractivity contribution in [3.8, 4) is 11.4 Å². The van der Waals surface area contributed by atoms with E-state index in [0.29, 0.717) is 6.61 Å². The average Bonchev–Trinajstić information content (AvgIpc) is 3.13. The van der Waals surface area contributed by atoms with Crippen LogP contribution in [0.25, 0.3) is 11.4 Å². The molecule has 1 aliphatic rings. The highest BCUT2D eigenvalue weighted by Crippen LogP contribution is 2.43. The average molecular weight is 501 g/mol. The van der Waals surface area contributed by atoms with Crippen molar-refractivity contribution in [1.82, 2.24) is 9.97 Å². The number of hydrogen-bond donors (Lipinski definition) is 0. The van der Waals surface area contributed by atoms with Gasteiger partial charge < -0.3 is 13.6 Å². The van der Waals surface area contributed by atoms with Gasteiger partial charge in [0.1, 0.15) is 6.10 Å². The van der Waals surface area contributed by atoms with Gasteiger partial charge in [-0.25, -0.2) is 0 Å². The van der Waals surface area contributed by atoms with Crippen LogP contribution in [-0.2, 0) is 13.6 Å². The molecule has 188 valence electrons. The third-order valence-electron chi connectivity index (χ3n) is 7.95. The van der Waals surface area contributed by atoms with E-state index < -0.39 is 16.6 Å². The molecule has 0 N–H and O–H groups in total. The van der Waals surface area contributed by atoms with E-state index in [1.54, 1.807) is 6.20 Å². The van der Waals surface area contributed by atoms with E-state index in [-0.39, 0.29) is 28.4 Å². The smallest absolute Gasteiger partial charge is 0.192 e. The molecule has 0 saturated carbocycles. The normalized spacial score (nSPS) is 22.2. The molecule has 0 amide bonds. The Balaban J connectivity index is 1.79. The summed E-state index contributed by atoms with van der Waals surface area (Å²) in [5.41, 5.74) is 2.83. The highest BCUT2D eigenvalue weighted by Gasteiger charge is 2.46. The first-order valence-electron chi connectivity index (χ1n) is 12.5. The quantitative estimate of drug-likeness (QED) is 0.371. The summed E-state index contributed by atoms with van der Waals surface area (Å²) >= 11 is 0. The molecule has 0 aromatic carbocycles. The van der Waals surface area contributed by atoms with Crippen LogP contribution in [0.5, 0.6) is 0 Å². The molecular formula is C27H44N2O3Si2. The molecule has 2 aromatic rings. The molecule has 7 heteroatoms. The summed E-state index contributed by atoms with van der Waals surface area (Å²) in [5.74, 6) is 0.